The van der Waals surface area contributed by atoms with Gasteiger partial charge in [0.15, 0.2) is 0 Å². The minimum atomic E-state index is -0.301. The Morgan fingerprint density at radius 1 is 1.80 bits per heavy atom. The number of aliphatic hydroxyl groups excluding tert-OH is 1. The lowest BCUT2D eigenvalue weighted by Gasteiger charge is -2.15. The molecule has 1 nitrogen and oxygen atoms in total. The van der Waals surface area contributed by atoms with Crippen LogP contribution < -0.4 is 0 Å². The van der Waals surface area contributed by atoms with Gasteiger partial charge in [0, 0.05) is 4.83 Å². The van der Waals surface area contributed by atoms with E-state index in [2.05, 4.69) is 22.0 Å². The predicted octanol–water partition coefficient (Wildman–Crippen LogP) is 2.02. The Morgan fingerprint density at radius 2 is 2.50 bits per heavy atom. The summed E-state index contributed by atoms with van der Waals surface area (Å²) in [6.07, 6.45) is 6.65. The van der Waals surface area contributed by atoms with E-state index < -0.39 is 0 Å². The van der Waals surface area contributed by atoms with E-state index >= 15 is 0 Å². The Morgan fingerprint density at radius 3 is 2.90 bits per heavy atom. The van der Waals surface area contributed by atoms with Gasteiger partial charge in [-0.15, -0.1) is 0 Å². The van der Waals surface area contributed by atoms with Crippen LogP contribution in [0.25, 0.3) is 0 Å². The lowest BCUT2D eigenvalue weighted by molar-refractivity contribution is 0.227. The summed E-state index contributed by atoms with van der Waals surface area (Å²) in [7, 11) is 0. The van der Waals surface area contributed by atoms with Gasteiger partial charge < -0.3 is 5.11 Å². The van der Waals surface area contributed by atoms with Crippen LogP contribution in [0.3, 0.4) is 0 Å². The zero-order valence-corrected chi connectivity index (χ0v) is 7.51. The molecule has 1 aliphatic carbocycles. The monoisotopic (exact) mass is 202 g/mol. The van der Waals surface area contributed by atoms with Crippen molar-refractivity contribution in [2.24, 2.45) is 0 Å². The third kappa shape index (κ3) is 1.96. The molecule has 0 spiro atoms. The van der Waals surface area contributed by atoms with E-state index in [1.165, 1.54) is 0 Å². The highest BCUT2D eigenvalue weighted by molar-refractivity contribution is 9.09. The second-order valence-corrected chi connectivity index (χ2v) is 3.70. The Bertz CT molecular complexity index is 170. The van der Waals surface area contributed by atoms with Crippen LogP contribution in [-0.4, -0.2) is 16.0 Å². The molecule has 56 valence electrons. The van der Waals surface area contributed by atoms with E-state index in [4.69, 9.17) is 0 Å². The van der Waals surface area contributed by atoms with E-state index in [1.54, 1.807) is 6.92 Å². The number of alkyl halides is 1. The molecule has 2 heteroatoms. The smallest absolute Gasteiger partial charge is 0.0725 e. The zero-order valence-electron chi connectivity index (χ0n) is 5.92. The van der Waals surface area contributed by atoms with Crippen LogP contribution in [0.15, 0.2) is 23.8 Å². The van der Waals surface area contributed by atoms with Crippen LogP contribution in [0.1, 0.15) is 13.3 Å². The van der Waals surface area contributed by atoms with E-state index in [9.17, 15) is 5.11 Å². The van der Waals surface area contributed by atoms with Gasteiger partial charge in [-0.1, -0.05) is 34.2 Å². The molecule has 0 radical (unpaired) electrons. The van der Waals surface area contributed by atoms with E-state index in [-0.39, 0.29) is 6.10 Å². The summed E-state index contributed by atoms with van der Waals surface area (Å²) >= 11 is 3.46. The van der Waals surface area contributed by atoms with Crippen molar-refractivity contribution in [3.05, 3.63) is 23.8 Å². The van der Waals surface area contributed by atoms with Gasteiger partial charge in [-0.2, -0.15) is 0 Å². The molecule has 0 aromatic rings. The molecule has 0 aliphatic heterocycles. The molecule has 0 aromatic carbocycles. The molecule has 10 heavy (non-hydrogen) atoms. The fourth-order valence-electron chi connectivity index (χ4n) is 0.971. The quantitative estimate of drug-likeness (QED) is 0.646. The molecule has 0 bridgehead atoms. The lowest BCUT2D eigenvalue weighted by atomic mass is 10.0. The largest absolute Gasteiger partial charge is 0.389 e. The first kappa shape index (κ1) is 8.02. The molecule has 0 saturated carbocycles. The average molecular weight is 203 g/mol. The van der Waals surface area contributed by atoms with Crippen molar-refractivity contribution < 1.29 is 5.11 Å². The van der Waals surface area contributed by atoms with Crippen molar-refractivity contribution in [3.63, 3.8) is 0 Å². The summed E-state index contributed by atoms with van der Waals surface area (Å²) in [6.45, 7) is 1.80. The van der Waals surface area contributed by atoms with Crippen LogP contribution >= 0.6 is 15.9 Å². The maximum Gasteiger partial charge on any atom is 0.0725 e. The molecule has 0 fully saturated rings. The molecular weight excluding hydrogens is 192 g/mol. The SMILES string of the molecule is C[C@@H](O)C1=CC=CC(Br)C1. The summed E-state index contributed by atoms with van der Waals surface area (Å²) in [5.41, 5.74) is 1.10. The van der Waals surface area contributed by atoms with Gasteiger partial charge in [0.2, 0.25) is 0 Å². The van der Waals surface area contributed by atoms with E-state index in [0.29, 0.717) is 4.83 Å². The zero-order chi connectivity index (χ0) is 7.56. The van der Waals surface area contributed by atoms with Crippen LogP contribution in [-0.2, 0) is 0 Å². The van der Waals surface area contributed by atoms with Gasteiger partial charge in [0.1, 0.15) is 0 Å². The van der Waals surface area contributed by atoms with Crippen LogP contribution in [0.4, 0.5) is 0 Å². The lowest BCUT2D eigenvalue weighted by Crippen LogP contribution is -2.10. The Kier molecular flexibility index (Phi) is 2.69. The molecular formula is C8H11BrO. The highest BCUT2D eigenvalue weighted by atomic mass is 79.9. The normalized spacial score (nSPS) is 27.9. The number of allylic oxidation sites excluding steroid dienone is 3. The van der Waals surface area contributed by atoms with Crippen LogP contribution in [0.2, 0.25) is 0 Å². The molecule has 1 N–H and O–H groups in total. The van der Waals surface area contributed by atoms with Gasteiger partial charge in [-0.05, 0) is 18.9 Å². The highest BCUT2D eigenvalue weighted by Gasteiger charge is 2.10. The van der Waals surface area contributed by atoms with Crippen LogP contribution in [0.5, 0.6) is 0 Å². The molecule has 0 heterocycles. The Balaban J connectivity index is 2.61. The fourth-order valence-corrected chi connectivity index (χ4v) is 1.52. The number of rotatable bonds is 1. The first-order valence-corrected chi connectivity index (χ1v) is 4.31. The highest BCUT2D eigenvalue weighted by Crippen LogP contribution is 2.20. The molecule has 2 atom stereocenters. The molecule has 0 amide bonds. The summed E-state index contributed by atoms with van der Waals surface area (Å²) in [5.74, 6) is 0. The van der Waals surface area contributed by atoms with Crippen molar-refractivity contribution in [1.82, 2.24) is 0 Å². The maximum absolute atomic E-state index is 9.17. The summed E-state index contributed by atoms with van der Waals surface area (Å²) < 4.78 is 0. The van der Waals surface area contributed by atoms with Gasteiger partial charge in [-0.25, -0.2) is 0 Å². The molecule has 1 unspecified atom stereocenters. The number of halogens is 1. The second kappa shape index (κ2) is 3.35. The summed E-state index contributed by atoms with van der Waals surface area (Å²) in [6, 6.07) is 0. The standard InChI is InChI=1S/C8H11BrO/c1-6(10)7-3-2-4-8(9)5-7/h2-4,6,8,10H,5H2,1H3/t6-,8?/m1/s1. The number of aliphatic hydroxyl groups is 1. The fraction of sp³-hybridized carbons (Fsp3) is 0.500. The average Bonchev–Trinajstić information content (AvgIpc) is 1.88. The van der Waals surface area contributed by atoms with E-state index in [0.717, 1.165) is 12.0 Å². The predicted molar refractivity (Wildman–Crippen MR) is 46.2 cm³/mol. The van der Waals surface area contributed by atoms with Crippen molar-refractivity contribution in [3.8, 4) is 0 Å². The number of hydrogen-bond acceptors (Lipinski definition) is 1. The van der Waals surface area contributed by atoms with Crippen molar-refractivity contribution in [2.45, 2.75) is 24.3 Å². The minimum absolute atomic E-state index is 0.301. The molecule has 0 aromatic heterocycles. The Labute approximate surface area is 69.6 Å². The van der Waals surface area contributed by atoms with Crippen molar-refractivity contribution in [1.29, 1.82) is 0 Å². The molecule has 1 rings (SSSR count). The first-order chi connectivity index (χ1) is 4.70. The van der Waals surface area contributed by atoms with Crippen molar-refractivity contribution in [2.75, 3.05) is 0 Å². The topological polar surface area (TPSA) is 20.2 Å². The van der Waals surface area contributed by atoms with Gasteiger partial charge in [-0.3, -0.25) is 0 Å². The van der Waals surface area contributed by atoms with Crippen LogP contribution in [0, 0.1) is 0 Å². The van der Waals surface area contributed by atoms with Gasteiger partial charge in [0.05, 0.1) is 6.10 Å². The third-order valence-corrected chi connectivity index (χ3v) is 2.23. The minimum Gasteiger partial charge on any atom is -0.389 e. The third-order valence-electron chi connectivity index (χ3n) is 1.60. The number of hydrogen-bond donors (Lipinski definition) is 1. The van der Waals surface area contributed by atoms with Gasteiger partial charge >= 0.3 is 0 Å². The second-order valence-electron chi connectivity index (χ2n) is 2.52. The Hall–Kier alpha value is -0.0800. The van der Waals surface area contributed by atoms with Gasteiger partial charge in [0.25, 0.3) is 0 Å². The molecule has 1 aliphatic rings. The summed E-state index contributed by atoms with van der Waals surface area (Å²) in [4.78, 5) is 0.405. The first-order valence-electron chi connectivity index (χ1n) is 3.39. The van der Waals surface area contributed by atoms with E-state index in [1.807, 2.05) is 12.2 Å². The molecule has 0 saturated heterocycles. The summed E-state index contributed by atoms with van der Waals surface area (Å²) in [5, 5.41) is 9.17. The van der Waals surface area contributed by atoms with Crippen molar-refractivity contribution >= 4 is 15.9 Å². The maximum atomic E-state index is 9.17.